The van der Waals surface area contributed by atoms with E-state index in [-0.39, 0.29) is 12.2 Å². The van der Waals surface area contributed by atoms with Crippen molar-refractivity contribution in [3.8, 4) is 0 Å². The summed E-state index contributed by atoms with van der Waals surface area (Å²) in [4.78, 5) is 12.4. The molecule has 0 aliphatic heterocycles. The van der Waals surface area contributed by atoms with Crippen LogP contribution in [0.1, 0.15) is 13.3 Å². The second-order valence-electron chi connectivity index (χ2n) is 4.00. The Hall–Kier alpha value is -1.84. The number of benzene rings is 1. The Morgan fingerprint density at radius 2 is 2.24 bits per heavy atom. The highest BCUT2D eigenvalue weighted by Gasteiger charge is 2.09. The highest BCUT2D eigenvalue weighted by molar-refractivity contribution is 5.67. The van der Waals surface area contributed by atoms with E-state index in [9.17, 15) is 9.18 Å². The van der Waals surface area contributed by atoms with Crippen molar-refractivity contribution in [3.05, 3.63) is 42.2 Å². The Labute approximate surface area is 100 Å². The van der Waals surface area contributed by atoms with Gasteiger partial charge in [0.25, 0.3) is 0 Å². The second kappa shape index (κ2) is 6.03. The predicted octanol–water partition coefficient (Wildman–Crippen LogP) is 2.68. The van der Waals surface area contributed by atoms with Crippen molar-refractivity contribution < 1.29 is 14.3 Å². The van der Waals surface area contributed by atoms with E-state index in [2.05, 4.69) is 6.58 Å². The number of nitrogens with zero attached hydrogens (tertiary/aromatic N) is 1. The molecule has 4 heteroatoms. The smallest absolute Gasteiger partial charge is 0.305 e. The Kier molecular flexibility index (Phi) is 4.69. The molecule has 1 aromatic carbocycles. The number of halogens is 1. The fourth-order valence-electron chi connectivity index (χ4n) is 1.53. The van der Waals surface area contributed by atoms with Crippen LogP contribution in [0.15, 0.2) is 36.4 Å². The summed E-state index contributed by atoms with van der Waals surface area (Å²) in [5.41, 5.74) is 1.58. The Balaban J connectivity index is 2.81. The number of anilines is 1. The number of carboxylic acid groups (broad SMARTS) is 1. The van der Waals surface area contributed by atoms with E-state index in [0.29, 0.717) is 18.8 Å². The zero-order chi connectivity index (χ0) is 12.8. The summed E-state index contributed by atoms with van der Waals surface area (Å²) >= 11 is 0. The van der Waals surface area contributed by atoms with Crippen LogP contribution in [0.4, 0.5) is 10.1 Å². The summed E-state index contributed by atoms with van der Waals surface area (Å²) in [6.07, 6.45) is 0.0177. The monoisotopic (exact) mass is 237 g/mol. The maximum absolute atomic E-state index is 13.1. The first-order valence-corrected chi connectivity index (χ1v) is 5.35. The van der Waals surface area contributed by atoms with Gasteiger partial charge in [0.1, 0.15) is 5.82 Å². The third-order valence-corrected chi connectivity index (χ3v) is 2.23. The molecule has 0 saturated heterocycles. The van der Waals surface area contributed by atoms with Gasteiger partial charge in [-0.05, 0) is 25.1 Å². The van der Waals surface area contributed by atoms with E-state index in [4.69, 9.17) is 5.11 Å². The zero-order valence-corrected chi connectivity index (χ0v) is 9.82. The average molecular weight is 237 g/mol. The third-order valence-electron chi connectivity index (χ3n) is 2.23. The van der Waals surface area contributed by atoms with Gasteiger partial charge in [-0.3, -0.25) is 4.79 Å². The maximum Gasteiger partial charge on any atom is 0.305 e. The minimum absolute atomic E-state index is 0.0177. The minimum Gasteiger partial charge on any atom is -0.481 e. The topological polar surface area (TPSA) is 40.5 Å². The van der Waals surface area contributed by atoms with Crippen molar-refractivity contribution in [1.29, 1.82) is 0 Å². The first-order chi connectivity index (χ1) is 7.99. The van der Waals surface area contributed by atoms with E-state index in [1.807, 2.05) is 6.92 Å². The molecular formula is C13H16FNO2. The van der Waals surface area contributed by atoms with Crippen molar-refractivity contribution in [2.24, 2.45) is 0 Å². The summed E-state index contributed by atoms with van der Waals surface area (Å²) in [6.45, 7) is 6.50. The van der Waals surface area contributed by atoms with Crippen molar-refractivity contribution in [2.45, 2.75) is 13.3 Å². The van der Waals surface area contributed by atoms with E-state index in [1.165, 1.54) is 12.1 Å². The molecule has 0 amide bonds. The van der Waals surface area contributed by atoms with Crippen LogP contribution in [0.5, 0.6) is 0 Å². The van der Waals surface area contributed by atoms with Crippen LogP contribution in [0.25, 0.3) is 0 Å². The molecule has 1 aromatic rings. The molecule has 0 spiro atoms. The summed E-state index contributed by atoms with van der Waals surface area (Å²) in [5.74, 6) is -1.20. The Morgan fingerprint density at radius 1 is 1.53 bits per heavy atom. The molecule has 0 saturated carbocycles. The lowest BCUT2D eigenvalue weighted by molar-refractivity contribution is -0.136. The summed E-state index contributed by atoms with van der Waals surface area (Å²) < 4.78 is 13.1. The van der Waals surface area contributed by atoms with E-state index < -0.39 is 5.97 Å². The molecule has 0 unspecified atom stereocenters. The number of carboxylic acids is 1. The molecule has 0 aromatic heterocycles. The lowest BCUT2D eigenvalue weighted by Crippen LogP contribution is -2.27. The molecule has 0 atom stereocenters. The number of hydrogen-bond acceptors (Lipinski definition) is 2. The van der Waals surface area contributed by atoms with Crippen LogP contribution < -0.4 is 4.90 Å². The van der Waals surface area contributed by atoms with Gasteiger partial charge in [-0.2, -0.15) is 0 Å². The van der Waals surface area contributed by atoms with Crippen LogP contribution in [-0.2, 0) is 4.79 Å². The minimum atomic E-state index is -0.867. The quantitative estimate of drug-likeness (QED) is 0.773. The lowest BCUT2D eigenvalue weighted by Gasteiger charge is -2.24. The zero-order valence-electron chi connectivity index (χ0n) is 9.82. The standard InChI is InChI=1S/C13H16FNO2/c1-10(2)9-15(7-6-13(16)17)12-5-3-4-11(14)8-12/h3-5,8H,1,6-7,9H2,2H3,(H,16,17). The predicted molar refractivity (Wildman–Crippen MR) is 65.7 cm³/mol. The fraction of sp³-hybridized carbons (Fsp3) is 0.308. The molecule has 0 aliphatic carbocycles. The van der Waals surface area contributed by atoms with Crippen LogP contribution in [0, 0.1) is 5.82 Å². The maximum atomic E-state index is 13.1. The Morgan fingerprint density at radius 3 is 2.76 bits per heavy atom. The molecule has 1 rings (SSSR count). The molecule has 1 N–H and O–H groups in total. The molecule has 0 aliphatic rings. The Bertz CT molecular complexity index is 418. The lowest BCUT2D eigenvalue weighted by atomic mass is 10.2. The summed E-state index contributed by atoms with van der Waals surface area (Å²) in [5, 5.41) is 8.67. The van der Waals surface area contributed by atoms with Gasteiger partial charge < -0.3 is 10.0 Å². The van der Waals surface area contributed by atoms with Crippen LogP contribution >= 0.6 is 0 Å². The van der Waals surface area contributed by atoms with Crippen molar-refractivity contribution in [3.63, 3.8) is 0 Å². The van der Waals surface area contributed by atoms with E-state index in [0.717, 1.165) is 5.57 Å². The molecule has 92 valence electrons. The highest BCUT2D eigenvalue weighted by atomic mass is 19.1. The highest BCUT2D eigenvalue weighted by Crippen LogP contribution is 2.17. The molecule has 0 radical (unpaired) electrons. The third kappa shape index (κ3) is 4.68. The van der Waals surface area contributed by atoms with Gasteiger partial charge in [0.05, 0.1) is 6.42 Å². The number of hydrogen-bond donors (Lipinski definition) is 1. The van der Waals surface area contributed by atoms with Crippen LogP contribution in [0.3, 0.4) is 0 Å². The van der Waals surface area contributed by atoms with Gasteiger partial charge in [-0.15, -0.1) is 0 Å². The van der Waals surface area contributed by atoms with Crippen molar-refractivity contribution >= 4 is 11.7 Å². The molecule has 17 heavy (non-hydrogen) atoms. The van der Waals surface area contributed by atoms with Gasteiger partial charge in [0.2, 0.25) is 0 Å². The normalized spacial score (nSPS) is 10.0. The molecule has 3 nitrogen and oxygen atoms in total. The second-order valence-corrected chi connectivity index (χ2v) is 4.00. The van der Waals surface area contributed by atoms with E-state index in [1.54, 1.807) is 17.0 Å². The number of carbonyl (C=O) groups is 1. The van der Waals surface area contributed by atoms with Crippen molar-refractivity contribution in [2.75, 3.05) is 18.0 Å². The van der Waals surface area contributed by atoms with Gasteiger partial charge in [-0.1, -0.05) is 18.2 Å². The van der Waals surface area contributed by atoms with Gasteiger partial charge in [0, 0.05) is 18.8 Å². The largest absolute Gasteiger partial charge is 0.481 e. The molecule has 0 bridgehead atoms. The van der Waals surface area contributed by atoms with E-state index >= 15 is 0 Å². The average Bonchev–Trinajstić information content (AvgIpc) is 2.23. The summed E-state index contributed by atoms with van der Waals surface area (Å²) in [6, 6.07) is 6.12. The SMILES string of the molecule is C=C(C)CN(CCC(=O)O)c1cccc(F)c1. The first kappa shape index (κ1) is 13.2. The van der Waals surface area contributed by atoms with Gasteiger partial charge in [0.15, 0.2) is 0 Å². The number of rotatable bonds is 6. The summed E-state index contributed by atoms with van der Waals surface area (Å²) in [7, 11) is 0. The van der Waals surface area contributed by atoms with Gasteiger partial charge in [-0.25, -0.2) is 4.39 Å². The van der Waals surface area contributed by atoms with Crippen LogP contribution in [-0.4, -0.2) is 24.2 Å². The molecule has 0 heterocycles. The van der Waals surface area contributed by atoms with Crippen molar-refractivity contribution in [1.82, 2.24) is 0 Å². The van der Waals surface area contributed by atoms with Gasteiger partial charge >= 0.3 is 5.97 Å². The number of aliphatic carboxylic acids is 1. The fourth-order valence-corrected chi connectivity index (χ4v) is 1.53. The first-order valence-electron chi connectivity index (χ1n) is 5.35. The molecular weight excluding hydrogens is 221 g/mol. The molecule has 0 fully saturated rings. The van der Waals surface area contributed by atoms with Crippen LogP contribution in [0.2, 0.25) is 0 Å².